The largest absolute Gasteiger partial charge is 0.467 e. The van der Waals surface area contributed by atoms with Crippen molar-refractivity contribution in [3.63, 3.8) is 0 Å². The van der Waals surface area contributed by atoms with Crippen LogP contribution >= 0.6 is 0 Å². The van der Waals surface area contributed by atoms with E-state index >= 15 is 0 Å². The summed E-state index contributed by atoms with van der Waals surface area (Å²) >= 11 is 0. The van der Waals surface area contributed by atoms with Gasteiger partial charge in [-0.3, -0.25) is 4.79 Å². The van der Waals surface area contributed by atoms with E-state index in [4.69, 9.17) is 4.42 Å². The molecule has 2 N–H and O–H groups in total. The molecular formula is C16H20N2O2. The van der Waals surface area contributed by atoms with E-state index in [0.29, 0.717) is 5.56 Å². The molecule has 1 amide bonds. The number of hydrogen-bond donors (Lipinski definition) is 2. The van der Waals surface area contributed by atoms with Crippen molar-refractivity contribution in [1.29, 1.82) is 0 Å². The molecule has 1 unspecified atom stereocenters. The highest BCUT2D eigenvalue weighted by molar-refractivity contribution is 6.00. The lowest BCUT2D eigenvalue weighted by molar-refractivity contribution is 0.0936. The maximum Gasteiger partial charge on any atom is 0.253 e. The first kappa shape index (κ1) is 14.2. The summed E-state index contributed by atoms with van der Waals surface area (Å²) in [7, 11) is 0. The maximum absolute atomic E-state index is 12.4. The average Bonchev–Trinajstić information content (AvgIpc) is 2.95. The molecule has 0 saturated carbocycles. The number of carbonyl (C=O) groups is 1. The first-order valence-corrected chi connectivity index (χ1v) is 6.80. The molecule has 0 radical (unpaired) electrons. The minimum atomic E-state index is -0.160. The fourth-order valence-electron chi connectivity index (χ4n) is 2.07. The van der Waals surface area contributed by atoms with E-state index in [9.17, 15) is 4.79 Å². The van der Waals surface area contributed by atoms with Crippen molar-refractivity contribution in [2.45, 2.75) is 26.8 Å². The van der Waals surface area contributed by atoms with Crippen LogP contribution in [0, 0.1) is 6.92 Å². The predicted molar refractivity (Wildman–Crippen MR) is 79.9 cm³/mol. The molecule has 2 rings (SSSR count). The van der Waals surface area contributed by atoms with Crippen LogP contribution in [0.1, 0.15) is 41.6 Å². The SMILES string of the molecule is CCNc1ccc(C)cc1C(=O)NC(C)c1ccco1. The highest BCUT2D eigenvalue weighted by Gasteiger charge is 2.16. The lowest BCUT2D eigenvalue weighted by Crippen LogP contribution is -2.27. The van der Waals surface area contributed by atoms with E-state index in [1.807, 2.05) is 51.1 Å². The van der Waals surface area contributed by atoms with Gasteiger partial charge in [0.1, 0.15) is 5.76 Å². The molecule has 0 fully saturated rings. The van der Waals surface area contributed by atoms with Crippen LogP contribution in [0.2, 0.25) is 0 Å². The number of aryl methyl sites for hydroxylation is 1. The normalized spacial score (nSPS) is 11.9. The molecule has 4 nitrogen and oxygen atoms in total. The topological polar surface area (TPSA) is 54.3 Å². The van der Waals surface area contributed by atoms with Crippen molar-refractivity contribution in [3.05, 3.63) is 53.5 Å². The number of carbonyl (C=O) groups excluding carboxylic acids is 1. The van der Waals surface area contributed by atoms with E-state index < -0.39 is 0 Å². The van der Waals surface area contributed by atoms with Crippen molar-refractivity contribution in [3.8, 4) is 0 Å². The number of amides is 1. The molecule has 4 heteroatoms. The number of furan rings is 1. The van der Waals surface area contributed by atoms with Crippen LogP contribution in [0.25, 0.3) is 0 Å². The van der Waals surface area contributed by atoms with Gasteiger partial charge in [-0.05, 0) is 45.0 Å². The molecule has 20 heavy (non-hydrogen) atoms. The summed E-state index contributed by atoms with van der Waals surface area (Å²) in [5.74, 6) is 0.643. The van der Waals surface area contributed by atoms with Crippen LogP contribution in [0.4, 0.5) is 5.69 Å². The van der Waals surface area contributed by atoms with Gasteiger partial charge in [-0.2, -0.15) is 0 Å². The molecule has 1 aromatic heterocycles. The second-order valence-corrected chi connectivity index (χ2v) is 4.79. The first-order chi connectivity index (χ1) is 9.61. The Labute approximate surface area is 119 Å². The second kappa shape index (κ2) is 6.28. The number of anilines is 1. The summed E-state index contributed by atoms with van der Waals surface area (Å²) in [5.41, 5.74) is 2.56. The summed E-state index contributed by atoms with van der Waals surface area (Å²) in [5, 5.41) is 6.16. The lowest BCUT2D eigenvalue weighted by Gasteiger charge is -2.15. The van der Waals surface area contributed by atoms with Gasteiger partial charge in [0, 0.05) is 12.2 Å². The van der Waals surface area contributed by atoms with Crippen molar-refractivity contribution < 1.29 is 9.21 Å². The molecule has 2 aromatic rings. The van der Waals surface area contributed by atoms with E-state index in [-0.39, 0.29) is 11.9 Å². The standard InChI is InChI=1S/C16H20N2O2/c1-4-17-14-8-7-11(2)10-13(14)16(19)18-12(3)15-6-5-9-20-15/h5-10,12,17H,4H2,1-3H3,(H,18,19). The minimum Gasteiger partial charge on any atom is -0.467 e. The monoisotopic (exact) mass is 272 g/mol. The van der Waals surface area contributed by atoms with Crippen molar-refractivity contribution >= 4 is 11.6 Å². The van der Waals surface area contributed by atoms with Gasteiger partial charge in [-0.25, -0.2) is 0 Å². The van der Waals surface area contributed by atoms with Crippen LogP contribution < -0.4 is 10.6 Å². The maximum atomic E-state index is 12.4. The molecule has 0 bridgehead atoms. The molecule has 0 aliphatic rings. The van der Waals surface area contributed by atoms with E-state index in [2.05, 4.69) is 10.6 Å². The Morgan fingerprint density at radius 2 is 2.15 bits per heavy atom. The van der Waals surface area contributed by atoms with Crippen molar-refractivity contribution in [2.75, 3.05) is 11.9 Å². The summed E-state index contributed by atoms with van der Waals surface area (Å²) in [4.78, 5) is 12.4. The van der Waals surface area contributed by atoms with Crippen LogP contribution in [-0.4, -0.2) is 12.5 Å². The quantitative estimate of drug-likeness (QED) is 0.875. The Morgan fingerprint density at radius 3 is 2.80 bits per heavy atom. The highest BCUT2D eigenvalue weighted by atomic mass is 16.3. The zero-order valence-electron chi connectivity index (χ0n) is 12.1. The molecule has 1 atom stereocenters. The summed E-state index contributed by atoms with van der Waals surface area (Å²) in [6.45, 7) is 6.66. The summed E-state index contributed by atoms with van der Waals surface area (Å²) < 4.78 is 5.30. The zero-order valence-corrected chi connectivity index (χ0v) is 12.1. The van der Waals surface area contributed by atoms with Gasteiger partial charge in [0.25, 0.3) is 5.91 Å². The van der Waals surface area contributed by atoms with Gasteiger partial charge < -0.3 is 15.1 Å². The molecule has 0 saturated heterocycles. The Hall–Kier alpha value is -2.23. The van der Waals surface area contributed by atoms with Crippen LogP contribution in [0.15, 0.2) is 41.0 Å². The summed E-state index contributed by atoms with van der Waals surface area (Å²) in [6.07, 6.45) is 1.61. The number of hydrogen-bond acceptors (Lipinski definition) is 3. The predicted octanol–water partition coefficient (Wildman–Crippen LogP) is 3.51. The molecular weight excluding hydrogens is 252 g/mol. The van der Waals surface area contributed by atoms with Crippen LogP contribution in [0.3, 0.4) is 0 Å². The Kier molecular flexibility index (Phi) is 4.45. The average molecular weight is 272 g/mol. The molecule has 1 heterocycles. The van der Waals surface area contributed by atoms with E-state index in [1.54, 1.807) is 6.26 Å². The molecule has 0 aliphatic heterocycles. The van der Waals surface area contributed by atoms with Crippen molar-refractivity contribution in [2.24, 2.45) is 0 Å². The van der Waals surface area contributed by atoms with E-state index in [1.165, 1.54) is 0 Å². The fraction of sp³-hybridized carbons (Fsp3) is 0.312. The van der Waals surface area contributed by atoms with Crippen molar-refractivity contribution in [1.82, 2.24) is 5.32 Å². The number of nitrogens with one attached hydrogen (secondary N) is 2. The van der Waals surface area contributed by atoms with Gasteiger partial charge in [-0.1, -0.05) is 11.6 Å². The van der Waals surface area contributed by atoms with E-state index in [0.717, 1.165) is 23.6 Å². The first-order valence-electron chi connectivity index (χ1n) is 6.80. The fourth-order valence-corrected chi connectivity index (χ4v) is 2.07. The third kappa shape index (κ3) is 3.20. The molecule has 0 aliphatic carbocycles. The second-order valence-electron chi connectivity index (χ2n) is 4.79. The van der Waals surface area contributed by atoms with Gasteiger partial charge in [0.05, 0.1) is 17.9 Å². The smallest absolute Gasteiger partial charge is 0.253 e. The number of benzene rings is 1. The molecule has 0 spiro atoms. The zero-order chi connectivity index (χ0) is 14.5. The van der Waals surface area contributed by atoms with Crippen LogP contribution in [-0.2, 0) is 0 Å². The minimum absolute atomic E-state index is 0.103. The third-order valence-electron chi connectivity index (χ3n) is 3.10. The van der Waals surface area contributed by atoms with Crippen LogP contribution in [0.5, 0.6) is 0 Å². The highest BCUT2D eigenvalue weighted by Crippen LogP contribution is 2.19. The lowest BCUT2D eigenvalue weighted by atomic mass is 10.1. The molecule has 106 valence electrons. The number of rotatable bonds is 5. The Balaban J connectivity index is 2.18. The van der Waals surface area contributed by atoms with Gasteiger partial charge in [-0.15, -0.1) is 0 Å². The Morgan fingerprint density at radius 1 is 1.35 bits per heavy atom. The molecule has 1 aromatic carbocycles. The third-order valence-corrected chi connectivity index (χ3v) is 3.10. The Bertz CT molecular complexity index is 576. The summed E-state index contributed by atoms with van der Waals surface area (Å²) in [6, 6.07) is 9.33. The van der Waals surface area contributed by atoms with Gasteiger partial charge in [0.2, 0.25) is 0 Å². The van der Waals surface area contributed by atoms with Gasteiger partial charge in [0.15, 0.2) is 0 Å². The van der Waals surface area contributed by atoms with Gasteiger partial charge >= 0.3 is 0 Å².